The molecule has 0 aromatic heterocycles. The van der Waals surface area contributed by atoms with Gasteiger partial charge in [0, 0.05) is 17.9 Å². The minimum Gasteiger partial charge on any atom is -0.498 e. The normalized spacial score (nSPS) is 15.2. The maximum absolute atomic E-state index is 8.16. The van der Waals surface area contributed by atoms with Crippen molar-refractivity contribution in [2.75, 3.05) is 13.2 Å². The van der Waals surface area contributed by atoms with Crippen LogP contribution in [0.25, 0.3) is 10.4 Å². The van der Waals surface area contributed by atoms with Crippen LogP contribution in [-0.4, -0.2) is 13.2 Å². The van der Waals surface area contributed by atoms with Crippen molar-refractivity contribution in [2.45, 2.75) is 26.2 Å². The van der Waals surface area contributed by atoms with Crippen molar-refractivity contribution in [3.63, 3.8) is 0 Å². The molecule has 1 rings (SSSR count). The van der Waals surface area contributed by atoms with Gasteiger partial charge in [-0.3, -0.25) is 0 Å². The number of allylic oxidation sites excluding steroid dienone is 3. The summed E-state index contributed by atoms with van der Waals surface area (Å²) in [4.78, 5) is 2.73. The molecule has 0 saturated heterocycles. The maximum atomic E-state index is 8.16. The standard InChI is InChI=1S/C10H15N3O/c1-2-7-14-10-5-3-9(4-6-10)8-12-13-11/h3,5H,2,4,6-8H2,1H3. The molecule has 0 N–H and O–H groups in total. The molecule has 0 fully saturated rings. The lowest BCUT2D eigenvalue weighted by molar-refractivity contribution is 0.201. The van der Waals surface area contributed by atoms with Crippen LogP contribution in [-0.2, 0) is 4.74 Å². The Hall–Kier alpha value is -1.41. The zero-order valence-corrected chi connectivity index (χ0v) is 8.44. The summed E-state index contributed by atoms with van der Waals surface area (Å²) < 4.78 is 5.50. The van der Waals surface area contributed by atoms with E-state index in [0.29, 0.717) is 6.54 Å². The largest absolute Gasteiger partial charge is 0.498 e. The van der Waals surface area contributed by atoms with E-state index >= 15 is 0 Å². The van der Waals surface area contributed by atoms with Gasteiger partial charge in [0.05, 0.1) is 12.4 Å². The third-order valence-corrected chi connectivity index (χ3v) is 2.03. The predicted octanol–water partition coefficient (Wildman–Crippen LogP) is 3.33. The van der Waals surface area contributed by atoms with E-state index in [9.17, 15) is 0 Å². The fourth-order valence-corrected chi connectivity index (χ4v) is 1.27. The predicted molar refractivity (Wildman–Crippen MR) is 55.7 cm³/mol. The van der Waals surface area contributed by atoms with Crippen LogP contribution in [0.4, 0.5) is 0 Å². The van der Waals surface area contributed by atoms with E-state index in [1.807, 2.05) is 12.2 Å². The van der Waals surface area contributed by atoms with E-state index in [0.717, 1.165) is 31.6 Å². The Morgan fingerprint density at radius 3 is 2.93 bits per heavy atom. The Bertz CT molecular complexity index is 288. The minimum absolute atomic E-state index is 0.480. The van der Waals surface area contributed by atoms with Gasteiger partial charge in [0.15, 0.2) is 0 Å². The van der Waals surface area contributed by atoms with E-state index in [1.165, 1.54) is 5.57 Å². The van der Waals surface area contributed by atoms with Crippen molar-refractivity contribution in [1.29, 1.82) is 0 Å². The van der Waals surface area contributed by atoms with Crippen LogP contribution in [0, 0.1) is 0 Å². The molecule has 0 heterocycles. The van der Waals surface area contributed by atoms with Gasteiger partial charge in [-0.15, -0.1) is 0 Å². The van der Waals surface area contributed by atoms with Crippen LogP contribution < -0.4 is 0 Å². The summed E-state index contributed by atoms with van der Waals surface area (Å²) in [5.74, 6) is 1.04. The molecule has 0 spiro atoms. The second-order valence-electron chi connectivity index (χ2n) is 3.20. The second-order valence-corrected chi connectivity index (χ2v) is 3.20. The maximum Gasteiger partial charge on any atom is 0.0962 e. The SMILES string of the molecule is CCCOC1=CC=C(CN=[N+]=[N-])CC1. The van der Waals surface area contributed by atoms with E-state index in [4.69, 9.17) is 10.3 Å². The fourth-order valence-electron chi connectivity index (χ4n) is 1.27. The van der Waals surface area contributed by atoms with Gasteiger partial charge in [0.2, 0.25) is 0 Å². The van der Waals surface area contributed by atoms with Crippen molar-refractivity contribution in [1.82, 2.24) is 0 Å². The molecular formula is C10H15N3O. The van der Waals surface area contributed by atoms with E-state index < -0.39 is 0 Å². The average molecular weight is 193 g/mol. The molecule has 0 radical (unpaired) electrons. The monoisotopic (exact) mass is 193 g/mol. The Morgan fingerprint density at radius 1 is 1.50 bits per heavy atom. The van der Waals surface area contributed by atoms with Gasteiger partial charge in [-0.25, -0.2) is 0 Å². The minimum atomic E-state index is 0.480. The molecule has 4 nitrogen and oxygen atoms in total. The van der Waals surface area contributed by atoms with Crippen LogP contribution >= 0.6 is 0 Å². The van der Waals surface area contributed by atoms with Crippen molar-refractivity contribution < 1.29 is 4.74 Å². The first-order chi connectivity index (χ1) is 6.86. The van der Waals surface area contributed by atoms with Gasteiger partial charge < -0.3 is 4.74 Å². The molecule has 1 aliphatic rings. The zero-order valence-electron chi connectivity index (χ0n) is 8.44. The van der Waals surface area contributed by atoms with Crippen molar-refractivity contribution in [3.05, 3.63) is 33.9 Å². The molecule has 4 heteroatoms. The second kappa shape index (κ2) is 6.11. The lowest BCUT2D eigenvalue weighted by atomic mass is 10.0. The quantitative estimate of drug-likeness (QED) is 0.375. The summed E-state index contributed by atoms with van der Waals surface area (Å²) in [6.07, 6.45) is 6.86. The molecule has 0 amide bonds. The van der Waals surface area contributed by atoms with Crippen LogP contribution in [0.1, 0.15) is 26.2 Å². The van der Waals surface area contributed by atoms with Crippen molar-refractivity contribution in [2.24, 2.45) is 5.11 Å². The van der Waals surface area contributed by atoms with Crippen LogP contribution in [0.15, 0.2) is 28.6 Å². The third kappa shape index (κ3) is 3.54. The number of rotatable bonds is 5. The Labute approximate surface area is 83.9 Å². The summed E-state index contributed by atoms with van der Waals surface area (Å²) in [6, 6.07) is 0. The highest BCUT2D eigenvalue weighted by molar-refractivity contribution is 5.22. The summed E-state index contributed by atoms with van der Waals surface area (Å²) >= 11 is 0. The zero-order chi connectivity index (χ0) is 10.2. The van der Waals surface area contributed by atoms with E-state index in [1.54, 1.807) is 0 Å². The van der Waals surface area contributed by atoms with Gasteiger partial charge >= 0.3 is 0 Å². The number of nitrogens with zero attached hydrogens (tertiary/aromatic N) is 3. The molecule has 0 saturated carbocycles. The van der Waals surface area contributed by atoms with Gasteiger partial charge in [-0.2, -0.15) is 0 Å². The summed E-state index contributed by atoms with van der Waals surface area (Å²) in [5, 5.41) is 3.52. The van der Waals surface area contributed by atoms with Crippen molar-refractivity contribution in [3.8, 4) is 0 Å². The summed E-state index contributed by atoms with van der Waals surface area (Å²) in [5.41, 5.74) is 9.33. The first kappa shape index (κ1) is 10.7. The highest BCUT2D eigenvalue weighted by Crippen LogP contribution is 2.19. The number of ether oxygens (including phenoxy) is 1. The molecule has 0 atom stereocenters. The van der Waals surface area contributed by atoms with Crippen LogP contribution in [0.2, 0.25) is 0 Å². The summed E-state index contributed by atoms with van der Waals surface area (Å²) in [6.45, 7) is 3.35. The van der Waals surface area contributed by atoms with Gasteiger partial charge in [-0.1, -0.05) is 23.7 Å². The Balaban J connectivity index is 2.42. The average Bonchev–Trinajstić information content (AvgIpc) is 2.25. The topological polar surface area (TPSA) is 58.0 Å². The van der Waals surface area contributed by atoms with E-state index in [2.05, 4.69) is 16.9 Å². The third-order valence-electron chi connectivity index (χ3n) is 2.03. The lowest BCUT2D eigenvalue weighted by Crippen LogP contribution is -2.00. The number of azide groups is 1. The molecule has 0 unspecified atom stereocenters. The fraction of sp³-hybridized carbons (Fsp3) is 0.600. The molecule has 76 valence electrons. The van der Waals surface area contributed by atoms with Gasteiger partial charge in [-0.05, 0) is 24.4 Å². The molecule has 14 heavy (non-hydrogen) atoms. The van der Waals surface area contributed by atoms with Crippen molar-refractivity contribution >= 4 is 0 Å². The highest BCUT2D eigenvalue weighted by Gasteiger charge is 2.05. The number of hydrogen-bond acceptors (Lipinski definition) is 2. The molecule has 0 aliphatic heterocycles. The summed E-state index contributed by atoms with van der Waals surface area (Å²) in [7, 11) is 0. The first-order valence-electron chi connectivity index (χ1n) is 4.89. The Morgan fingerprint density at radius 2 is 2.36 bits per heavy atom. The van der Waals surface area contributed by atoms with E-state index in [-0.39, 0.29) is 0 Å². The number of hydrogen-bond donors (Lipinski definition) is 0. The molecule has 0 bridgehead atoms. The van der Waals surface area contributed by atoms with Crippen LogP contribution in [0.5, 0.6) is 0 Å². The Kier molecular flexibility index (Phi) is 4.65. The molecule has 1 aliphatic carbocycles. The molecule has 0 aromatic rings. The highest BCUT2D eigenvalue weighted by atomic mass is 16.5. The molecular weight excluding hydrogens is 178 g/mol. The van der Waals surface area contributed by atoms with Gasteiger partial charge in [0.25, 0.3) is 0 Å². The smallest absolute Gasteiger partial charge is 0.0962 e. The lowest BCUT2D eigenvalue weighted by Gasteiger charge is -2.14. The van der Waals surface area contributed by atoms with Crippen LogP contribution in [0.3, 0.4) is 0 Å². The molecule has 0 aromatic carbocycles. The van der Waals surface area contributed by atoms with Gasteiger partial charge in [0.1, 0.15) is 0 Å². The first-order valence-corrected chi connectivity index (χ1v) is 4.89.